The van der Waals surface area contributed by atoms with Gasteiger partial charge in [0.1, 0.15) is 5.75 Å². The molecule has 0 bridgehead atoms. The van der Waals surface area contributed by atoms with Crippen LogP contribution < -0.4 is 0 Å². The van der Waals surface area contributed by atoms with Gasteiger partial charge >= 0.3 is 5.97 Å². The molecule has 2 rings (SSSR count). The van der Waals surface area contributed by atoms with E-state index in [4.69, 9.17) is 4.74 Å². The third-order valence-electron chi connectivity index (χ3n) is 3.56. The summed E-state index contributed by atoms with van der Waals surface area (Å²) in [6, 6.07) is 4.20. The number of carbonyl (C=O) groups is 1. The molecule has 0 amide bonds. The van der Waals surface area contributed by atoms with Gasteiger partial charge in [0, 0.05) is 19.7 Å². The summed E-state index contributed by atoms with van der Waals surface area (Å²) in [6.45, 7) is 9.21. The molecule has 0 radical (unpaired) electrons. The molecular formula is C16H23NO3Si. The summed E-state index contributed by atoms with van der Waals surface area (Å²) in [4.78, 5) is 15.2. The Balaban J connectivity index is 2.19. The molecule has 2 N–H and O–H groups in total. The van der Waals surface area contributed by atoms with Gasteiger partial charge in [0.15, 0.2) is 0 Å². The first-order chi connectivity index (χ1) is 9.81. The lowest BCUT2D eigenvalue weighted by Crippen LogP contribution is -2.22. The van der Waals surface area contributed by atoms with Crippen LogP contribution in [-0.4, -0.2) is 30.7 Å². The third kappa shape index (κ3) is 3.67. The van der Waals surface area contributed by atoms with Gasteiger partial charge < -0.3 is 14.8 Å². The maximum atomic E-state index is 12.1. The smallest absolute Gasteiger partial charge is 0.338 e. The van der Waals surface area contributed by atoms with Crippen molar-refractivity contribution in [2.45, 2.75) is 39.0 Å². The van der Waals surface area contributed by atoms with Crippen LogP contribution in [0.4, 0.5) is 0 Å². The number of rotatable bonds is 5. The molecule has 1 aromatic carbocycles. The lowest BCUT2D eigenvalue weighted by Gasteiger charge is -2.15. The second kappa shape index (κ2) is 5.93. The minimum Gasteiger partial charge on any atom is -0.506 e. The minimum absolute atomic E-state index is 0.0874. The zero-order chi connectivity index (χ0) is 15.6. The molecule has 0 aliphatic carbocycles. The molecule has 1 aromatic heterocycles. The molecule has 4 nitrogen and oxygen atoms in total. The van der Waals surface area contributed by atoms with Gasteiger partial charge in [0.25, 0.3) is 0 Å². The maximum Gasteiger partial charge on any atom is 0.338 e. The van der Waals surface area contributed by atoms with Crippen molar-refractivity contribution < 1.29 is 14.6 Å². The fraction of sp³-hybridized carbons (Fsp3) is 0.438. The fourth-order valence-corrected chi connectivity index (χ4v) is 2.93. The summed E-state index contributed by atoms with van der Waals surface area (Å²) in [7, 11) is -1.22. The number of phenols is 1. The van der Waals surface area contributed by atoms with Crippen LogP contribution in [0.2, 0.25) is 25.7 Å². The zero-order valence-electron chi connectivity index (χ0n) is 13.1. The van der Waals surface area contributed by atoms with E-state index in [9.17, 15) is 9.90 Å². The quantitative estimate of drug-likeness (QED) is 0.650. The average Bonchev–Trinajstić information content (AvgIpc) is 2.80. The van der Waals surface area contributed by atoms with E-state index in [1.807, 2.05) is 13.1 Å². The zero-order valence-corrected chi connectivity index (χ0v) is 14.1. The second-order valence-corrected chi connectivity index (χ2v) is 12.2. The van der Waals surface area contributed by atoms with Crippen molar-refractivity contribution in [1.82, 2.24) is 4.98 Å². The maximum absolute atomic E-state index is 12.1. The molecule has 0 saturated carbocycles. The van der Waals surface area contributed by atoms with E-state index in [1.165, 1.54) is 6.07 Å². The van der Waals surface area contributed by atoms with Crippen molar-refractivity contribution in [3.05, 3.63) is 29.5 Å². The highest BCUT2D eigenvalue weighted by Gasteiger charge is 2.17. The molecule has 0 spiro atoms. The third-order valence-corrected chi connectivity index (χ3v) is 5.26. The van der Waals surface area contributed by atoms with Gasteiger partial charge in [-0.1, -0.05) is 26.6 Å². The summed E-state index contributed by atoms with van der Waals surface area (Å²) in [5.41, 5.74) is 2.16. The highest BCUT2D eigenvalue weighted by atomic mass is 28.3. The van der Waals surface area contributed by atoms with E-state index in [0.717, 1.165) is 23.4 Å². The van der Waals surface area contributed by atoms with Crippen molar-refractivity contribution in [2.75, 3.05) is 6.61 Å². The minimum atomic E-state index is -1.22. The number of ether oxygens (including phenoxy) is 1. The topological polar surface area (TPSA) is 62.3 Å². The van der Waals surface area contributed by atoms with Gasteiger partial charge in [-0.15, -0.1) is 0 Å². The number of aromatic amines is 1. The number of fused-ring (bicyclic) bond motifs is 1. The first-order valence-corrected chi connectivity index (χ1v) is 11.0. The standard InChI is InChI=1S/C16H23NO3Si/c1-5-11-10-17-15-13(11)8-12(9-14(15)18)16(19)20-6-7-21(2,3)4/h8-10,17-18H,5-7H2,1-4H3. The van der Waals surface area contributed by atoms with Gasteiger partial charge in [-0.2, -0.15) is 0 Å². The number of hydrogen-bond donors (Lipinski definition) is 2. The Bertz CT molecular complexity index is 655. The number of H-pyrrole nitrogens is 1. The monoisotopic (exact) mass is 305 g/mol. The number of aryl methyl sites for hydroxylation is 1. The highest BCUT2D eigenvalue weighted by molar-refractivity contribution is 6.76. The van der Waals surface area contributed by atoms with Crippen molar-refractivity contribution in [1.29, 1.82) is 0 Å². The van der Waals surface area contributed by atoms with E-state index in [0.29, 0.717) is 17.7 Å². The molecule has 5 heteroatoms. The van der Waals surface area contributed by atoms with E-state index in [-0.39, 0.29) is 11.7 Å². The summed E-state index contributed by atoms with van der Waals surface area (Å²) in [6.07, 6.45) is 2.71. The first-order valence-electron chi connectivity index (χ1n) is 7.32. The Labute approximate surface area is 126 Å². The molecule has 0 aliphatic rings. The summed E-state index contributed by atoms with van der Waals surface area (Å²) < 4.78 is 5.33. The van der Waals surface area contributed by atoms with Crippen molar-refractivity contribution in [3.63, 3.8) is 0 Å². The van der Waals surface area contributed by atoms with Crippen LogP contribution in [-0.2, 0) is 11.2 Å². The molecule has 0 fully saturated rings. The number of aromatic nitrogens is 1. The molecule has 0 saturated heterocycles. The highest BCUT2D eigenvalue weighted by Crippen LogP contribution is 2.29. The lowest BCUT2D eigenvalue weighted by atomic mass is 10.1. The average molecular weight is 305 g/mol. The number of phenolic OH excluding ortho intramolecular Hbond substituents is 1. The molecule has 0 atom stereocenters. The molecule has 0 unspecified atom stereocenters. The van der Waals surface area contributed by atoms with Crippen LogP contribution in [0.3, 0.4) is 0 Å². The van der Waals surface area contributed by atoms with Crippen LogP contribution in [0, 0.1) is 0 Å². The Morgan fingerprint density at radius 2 is 2.05 bits per heavy atom. The Morgan fingerprint density at radius 1 is 1.33 bits per heavy atom. The number of hydrogen-bond acceptors (Lipinski definition) is 3. The molecule has 114 valence electrons. The fourth-order valence-electron chi connectivity index (χ4n) is 2.21. The Kier molecular flexibility index (Phi) is 4.42. The second-order valence-electron chi connectivity index (χ2n) is 6.53. The molecule has 0 aliphatic heterocycles. The summed E-state index contributed by atoms with van der Waals surface area (Å²) in [5, 5.41) is 10.9. The van der Waals surface area contributed by atoms with Crippen LogP contribution in [0.1, 0.15) is 22.8 Å². The molecule has 1 heterocycles. The van der Waals surface area contributed by atoms with Crippen LogP contribution in [0.5, 0.6) is 5.75 Å². The van der Waals surface area contributed by atoms with Gasteiger partial charge in [0.2, 0.25) is 0 Å². The van der Waals surface area contributed by atoms with Crippen molar-refractivity contribution in [2.24, 2.45) is 0 Å². The predicted molar refractivity (Wildman–Crippen MR) is 87.8 cm³/mol. The summed E-state index contributed by atoms with van der Waals surface area (Å²) in [5.74, 6) is -0.280. The molecular weight excluding hydrogens is 282 g/mol. The Morgan fingerprint density at radius 3 is 2.67 bits per heavy atom. The first kappa shape index (κ1) is 15.6. The largest absolute Gasteiger partial charge is 0.506 e. The summed E-state index contributed by atoms with van der Waals surface area (Å²) >= 11 is 0. The van der Waals surface area contributed by atoms with Crippen molar-refractivity contribution >= 4 is 24.9 Å². The van der Waals surface area contributed by atoms with Crippen molar-refractivity contribution in [3.8, 4) is 5.75 Å². The molecule has 21 heavy (non-hydrogen) atoms. The number of aromatic hydroxyl groups is 1. The number of carbonyl (C=O) groups excluding carboxylic acids is 1. The number of esters is 1. The van der Waals surface area contributed by atoms with Gasteiger partial charge in [-0.3, -0.25) is 0 Å². The van der Waals surface area contributed by atoms with E-state index in [1.54, 1.807) is 6.07 Å². The van der Waals surface area contributed by atoms with Crippen LogP contribution >= 0.6 is 0 Å². The van der Waals surface area contributed by atoms with E-state index >= 15 is 0 Å². The lowest BCUT2D eigenvalue weighted by molar-refractivity contribution is 0.0525. The predicted octanol–water partition coefficient (Wildman–Crippen LogP) is 3.93. The van der Waals surface area contributed by atoms with Gasteiger partial charge in [-0.25, -0.2) is 4.79 Å². The number of benzene rings is 1. The number of nitrogens with one attached hydrogen (secondary N) is 1. The SMILES string of the molecule is CCc1c[nH]c2c(O)cc(C(=O)OCC[Si](C)(C)C)cc12. The van der Waals surface area contributed by atoms with E-state index < -0.39 is 8.07 Å². The van der Waals surface area contributed by atoms with Gasteiger partial charge in [-0.05, 0) is 30.2 Å². The van der Waals surface area contributed by atoms with Crippen LogP contribution in [0.15, 0.2) is 18.3 Å². The molecule has 2 aromatic rings. The van der Waals surface area contributed by atoms with Gasteiger partial charge in [0.05, 0.1) is 17.7 Å². The van der Waals surface area contributed by atoms with E-state index in [2.05, 4.69) is 24.6 Å². The normalized spacial score (nSPS) is 11.8. The Hall–Kier alpha value is -1.75. The van der Waals surface area contributed by atoms with Crippen LogP contribution in [0.25, 0.3) is 10.9 Å².